The van der Waals surface area contributed by atoms with Gasteiger partial charge in [0.25, 0.3) is 5.69 Å². The van der Waals surface area contributed by atoms with Crippen LogP contribution in [0.25, 0.3) is 0 Å². The van der Waals surface area contributed by atoms with Gasteiger partial charge in [-0.25, -0.2) is 8.42 Å². The first-order valence-electron chi connectivity index (χ1n) is 8.82. The van der Waals surface area contributed by atoms with E-state index in [1.807, 2.05) is 31.2 Å². The zero-order chi connectivity index (χ0) is 20.5. The molecule has 3 rings (SSSR count). The van der Waals surface area contributed by atoms with Gasteiger partial charge in [0.05, 0.1) is 4.92 Å². The fourth-order valence-corrected chi connectivity index (χ4v) is 4.11. The Balaban J connectivity index is 1.80. The van der Waals surface area contributed by atoms with Crippen LogP contribution in [0.5, 0.6) is 0 Å². The van der Waals surface area contributed by atoms with Crippen LogP contribution in [0.2, 0.25) is 0 Å². The van der Waals surface area contributed by atoms with E-state index in [0.29, 0.717) is 12.1 Å². The molecule has 1 aliphatic heterocycles. The predicted octanol–water partition coefficient (Wildman–Crippen LogP) is 3.30. The Bertz CT molecular complexity index is 1020. The summed E-state index contributed by atoms with van der Waals surface area (Å²) in [5, 5.41) is 14.2. The number of nitrogens with one attached hydrogen (secondary N) is 1. The van der Waals surface area contributed by atoms with Gasteiger partial charge in [0.1, 0.15) is 4.90 Å². The van der Waals surface area contributed by atoms with Crippen LogP contribution in [-0.2, 0) is 14.6 Å². The van der Waals surface area contributed by atoms with Gasteiger partial charge in [0.2, 0.25) is 5.91 Å². The highest BCUT2D eigenvalue weighted by Gasteiger charge is 2.23. The molecule has 0 saturated carbocycles. The summed E-state index contributed by atoms with van der Waals surface area (Å²) in [6.07, 6.45) is 2.38. The molecule has 1 saturated heterocycles. The first-order chi connectivity index (χ1) is 13.2. The third kappa shape index (κ3) is 4.14. The Labute approximate surface area is 163 Å². The summed E-state index contributed by atoms with van der Waals surface area (Å²) in [4.78, 5) is 23.7. The molecule has 0 aromatic heterocycles. The van der Waals surface area contributed by atoms with Crippen molar-refractivity contribution in [1.82, 2.24) is 0 Å². The van der Waals surface area contributed by atoms with Crippen molar-refractivity contribution < 1.29 is 18.1 Å². The highest BCUT2D eigenvalue weighted by Crippen LogP contribution is 2.30. The summed E-state index contributed by atoms with van der Waals surface area (Å²) in [5.41, 5.74) is 1.82. The van der Waals surface area contributed by atoms with Crippen LogP contribution >= 0.6 is 0 Å². The van der Waals surface area contributed by atoms with Crippen molar-refractivity contribution in [3.8, 4) is 0 Å². The monoisotopic (exact) mass is 403 g/mol. The molecular weight excluding hydrogens is 382 g/mol. The largest absolute Gasteiger partial charge is 0.378 e. The van der Waals surface area contributed by atoms with E-state index in [0.717, 1.165) is 30.5 Å². The summed E-state index contributed by atoms with van der Waals surface area (Å²) in [6, 6.07) is 11.4. The highest BCUT2D eigenvalue weighted by atomic mass is 32.2. The number of hydrogen-bond donors (Lipinski definition) is 1. The van der Waals surface area contributed by atoms with Gasteiger partial charge >= 0.3 is 0 Å². The molecule has 0 bridgehead atoms. The van der Waals surface area contributed by atoms with Crippen LogP contribution in [0.1, 0.15) is 31.4 Å². The van der Waals surface area contributed by atoms with E-state index in [2.05, 4.69) is 5.32 Å². The van der Waals surface area contributed by atoms with Crippen molar-refractivity contribution >= 4 is 32.8 Å². The summed E-state index contributed by atoms with van der Waals surface area (Å²) >= 11 is 0. The van der Waals surface area contributed by atoms with E-state index in [9.17, 15) is 23.3 Å². The van der Waals surface area contributed by atoms with Crippen molar-refractivity contribution in [3.05, 3.63) is 58.1 Å². The number of sulfone groups is 1. The SMILES string of the molecule is CC(Nc1ccc([N+](=O)[O-])c(S(C)(=O)=O)c1)c1ccc(N2CCCC2=O)cc1. The second-order valence-corrected chi connectivity index (χ2v) is 8.80. The quantitative estimate of drug-likeness (QED) is 0.585. The van der Waals surface area contributed by atoms with Crippen LogP contribution < -0.4 is 10.2 Å². The third-order valence-electron chi connectivity index (χ3n) is 4.72. The smallest absolute Gasteiger partial charge is 0.288 e. The average molecular weight is 403 g/mol. The topological polar surface area (TPSA) is 110 Å². The van der Waals surface area contributed by atoms with Gasteiger partial charge in [-0.1, -0.05) is 12.1 Å². The second kappa shape index (κ2) is 7.59. The molecule has 28 heavy (non-hydrogen) atoms. The molecule has 0 radical (unpaired) electrons. The molecule has 0 aliphatic carbocycles. The number of nitro groups is 1. The standard InChI is InChI=1S/C19H21N3O5S/c1-13(14-5-8-16(9-6-14)21-11-3-4-19(21)23)20-15-7-10-17(22(24)25)18(12-15)28(2,26)27/h5-10,12-13,20H,3-4,11H2,1-2H3. The minimum atomic E-state index is -3.74. The van der Waals surface area contributed by atoms with Crippen LogP contribution in [0, 0.1) is 10.1 Å². The molecule has 1 atom stereocenters. The van der Waals surface area contributed by atoms with Gasteiger partial charge in [0, 0.05) is 42.7 Å². The first-order valence-corrected chi connectivity index (χ1v) is 10.7. The van der Waals surface area contributed by atoms with Gasteiger partial charge in [-0.15, -0.1) is 0 Å². The summed E-state index contributed by atoms with van der Waals surface area (Å²) in [6.45, 7) is 2.63. The Hall–Kier alpha value is -2.94. The molecule has 1 unspecified atom stereocenters. The zero-order valence-corrected chi connectivity index (χ0v) is 16.4. The molecule has 1 fully saturated rings. The van der Waals surface area contributed by atoms with Crippen LogP contribution in [0.4, 0.5) is 17.1 Å². The number of nitro benzene ring substituents is 1. The van der Waals surface area contributed by atoms with Gasteiger partial charge in [-0.05, 0) is 43.2 Å². The summed E-state index contributed by atoms with van der Waals surface area (Å²) in [5.74, 6) is 0.123. The van der Waals surface area contributed by atoms with E-state index < -0.39 is 20.4 Å². The molecule has 1 aliphatic rings. The lowest BCUT2D eigenvalue weighted by molar-refractivity contribution is -0.387. The lowest BCUT2D eigenvalue weighted by Gasteiger charge is -2.19. The Morgan fingerprint density at radius 1 is 1.18 bits per heavy atom. The zero-order valence-electron chi connectivity index (χ0n) is 15.6. The van der Waals surface area contributed by atoms with E-state index in [1.165, 1.54) is 18.2 Å². The molecule has 0 spiro atoms. The van der Waals surface area contributed by atoms with Crippen molar-refractivity contribution in [2.75, 3.05) is 23.0 Å². The third-order valence-corrected chi connectivity index (χ3v) is 5.84. The van der Waals surface area contributed by atoms with Crippen molar-refractivity contribution in [2.24, 2.45) is 0 Å². The maximum absolute atomic E-state index is 11.9. The number of rotatable bonds is 6. The normalized spacial score (nSPS) is 15.5. The Morgan fingerprint density at radius 2 is 1.86 bits per heavy atom. The maximum Gasteiger partial charge on any atom is 0.288 e. The lowest BCUT2D eigenvalue weighted by Crippen LogP contribution is -2.23. The molecule has 1 amide bonds. The van der Waals surface area contributed by atoms with Crippen molar-refractivity contribution in [2.45, 2.75) is 30.7 Å². The molecule has 148 valence electrons. The first kappa shape index (κ1) is 19.8. The number of nitrogens with zero attached hydrogens (tertiary/aromatic N) is 2. The van der Waals surface area contributed by atoms with E-state index in [-0.39, 0.29) is 16.8 Å². The highest BCUT2D eigenvalue weighted by molar-refractivity contribution is 7.90. The molecule has 1 heterocycles. The number of carbonyl (C=O) groups is 1. The van der Waals surface area contributed by atoms with Crippen LogP contribution in [0.3, 0.4) is 0 Å². The minimum Gasteiger partial charge on any atom is -0.378 e. The number of anilines is 2. The van der Waals surface area contributed by atoms with Crippen molar-refractivity contribution in [1.29, 1.82) is 0 Å². The fourth-order valence-electron chi connectivity index (χ4n) is 3.25. The van der Waals surface area contributed by atoms with Crippen LogP contribution in [0.15, 0.2) is 47.4 Å². The molecule has 2 aromatic carbocycles. The van der Waals surface area contributed by atoms with E-state index in [1.54, 1.807) is 4.90 Å². The van der Waals surface area contributed by atoms with E-state index in [4.69, 9.17) is 0 Å². The molecule has 2 aromatic rings. The van der Waals surface area contributed by atoms with E-state index >= 15 is 0 Å². The van der Waals surface area contributed by atoms with Crippen molar-refractivity contribution in [3.63, 3.8) is 0 Å². The fraction of sp³-hybridized carbons (Fsp3) is 0.316. The minimum absolute atomic E-state index is 0.123. The predicted molar refractivity (Wildman–Crippen MR) is 106 cm³/mol. The molecule has 9 heteroatoms. The molecular formula is C19H21N3O5S. The lowest BCUT2D eigenvalue weighted by atomic mass is 10.1. The maximum atomic E-state index is 11.9. The average Bonchev–Trinajstić information content (AvgIpc) is 3.07. The molecule has 1 N–H and O–H groups in total. The number of amides is 1. The van der Waals surface area contributed by atoms with Gasteiger partial charge in [-0.2, -0.15) is 0 Å². The number of carbonyl (C=O) groups excluding carboxylic acids is 1. The summed E-state index contributed by atoms with van der Waals surface area (Å²) in [7, 11) is -3.74. The van der Waals surface area contributed by atoms with Gasteiger partial charge < -0.3 is 10.2 Å². The van der Waals surface area contributed by atoms with Gasteiger partial charge in [-0.3, -0.25) is 14.9 Å². The molecule has 8 nitrogen and oxygen atoms in total. The second-order valence-electron chi connectivity index (χ2n) is 6.82. The Kier molecular flexibility index (Phi) is 5.37. The number of hydrogen-bond acceptors (Lipinski definition) is 6. The number of benzene rings is 2. The van der Waals surface area contributed by atoms with Gasteiger partial charge in [0.15, 0.2) is 9.84 Å². The van der Waals surface area contributed by atoms with Crippen LogP contribution in [-0.4, -0.2) is 32.0 Å². The summed E-state index contributed by atoms with van der Waals surface area (Å²) < 4.78 is 23.8. The Morgan fingerprint density at radius 3 is 2.39 bits per heavy atom.